The Labute approximate surface area is 128 Å². The lowest BCUT2D eigenvalue weighted by molar-refractivity contribution is -0.136. The first kappa shape index (κ1) is 15.5. The monoisotopic (exact) mass is 299 g/mol. The van der Waals surface area contributed by atoms with Crippen molar-refractivity contribution in [2.24, 2.45) is 0 Å². The van der Waals surface area contributed by atoms with E-state index in [2.05, 4.69) is 16.0 Å². The number of aliphatic hydroxyl groups excluding tert-OH is 1. The largest absolute Gasteiger partial charge is 0.395 e. The van der Waals surface area contributed by atoms with Crippen molar-refractivity contribution in [3.8, 4) is 0 Å². The van der Waals surface area contributed by atoms with E-state index in [1.54, 1.807) is 24.3 Å². The molecule has 0 aliphatic heterocycles. The molecule has 0 spiro atoms. The van der Waals surface area contributed by atoms with Gasteiger partial charge in [0.05, 0.1) is 6.61 Å². The molecule has 0 saturated carbocycles. The molecule has 0 atom stereocenters. The molecule has 0 bridgehead atoms. The van der Waals surface area contributed by atoms with Crippen molar-refractivity contribution in [3.05, 3.63) is 54.6 Å². The maximum atomic E-state index is 11.6. The lowest BCUT2D eigenvalue weighted by Gasteiger charge is -2.08. The second-order valence-electron chi connectivity index (χ2n) is 4.50. The predicted octanol–water partition coefficient (Wildman–Crippen LogP) is 1.48. The average molecular weight is 299 g/mol. The summed E-state index contributed by atoms with van der Waals surface area (Å²) in [7, 11) is 0. The third kappa shape index (κ3) is 4.60. The van der Waals surface area contributed by atoms with Crippen molar-refractivity contribution in [2.45, 2.75) is 0 Å². The number of carbonyl (C=O) groups excluding carboxylic acids is 2. The fourth-order valence-corrected chi connectivity index (χ4v) is 1.76. The molecule has 2 aromatic carbocycles. The molecule has 6 nitrogen and oxygen atoms in total. The zero-order chi connectivity index (χ0) is 15.8. The number of anilines is 3. The highest BCUT2D eigenvalue weighted by Crippen LogP contribution is 2.18. The molecule has 114 valence electrons. The van der Waals surface area contributed by atoms with Crippen LogP contribution >= 0.6 is 0 Å². The SMILES string of the molecule is O=C(NCCO)C(=O)Nc1ccc(Nc2ccccc2)cc1. The second-order valence-corrected chi connectivity index (χ2v) is 4.50. The summed E-state index contributed by atoms with van der Waals surface area (Å²) in [5.74, 6) is -1.54. The topological polar surface area (TPSA) is 90.5 Å². The van der Waals surface area contributed by atoms with Crippen molar-refractivity contribution >= 4 is 28.9 Å². The van der Waals surface area contributed by atoms with Gasteiger partial charge < -0.3 is 21.1 Å². The second kappa shape index (κ2) is 7.80. The minimum absolute atomic E-state index is 0.0478. The number of carbonyl (C=O) groups is 2. The summed E-state index contributed by atoms with van der Waals surface area (Å²) in [4.78, 5) is 22.9. The number of amides is 2. The van der Waals surface area contributed by atoms with Crippen molar-refractivity contribution in [3.63, 3.8) is 0 Å². The van der Waals surface area contributed by atoms with Crippen molar-refractivity contribution in [1.29, 1.82) is 0 Å². The Balaban J connectivity index is 1.91. The standard InChI is InChI=1S/C16H17N3O3/c20-11-10-17-15(21)16(22)19-14-8-6-13(7-9-14)18-12-4-2-1-3-5-12/h1-9,18,20H,10-11H2,(H,17,21)(H,19,22). The van der Waals surface area contributed by atoms with E-state index in [1.807, 2.05) is 30.3 Å². The van der Waals surface area contributed by atoms with Crippen molar-refractivity contribution in [1.82, 2.24) is 5.32 Å². The molecule has 22 heavy (non-hydrogen) atoms. The molecule has 0 heterocycles. The molecule has 0 radical (unpaired) electrons. The minimum Gasteiger partial charge on any atom is -0.395 e. The van der Waals surface area contributed by atoms with Gasteiger partial charge in [-0.05, 0) is 36.4 Å². The molecule has 2 amide bonds. The van der Waals surface area contributed by atoms with Crippen molar-refractivity contribution in [2.75, 3.05) is 23.8 Å². The van der Waals surface area contributed by atoms with Crippen LogP contribution in [0.1, 0.15) is 0 Å². The highest BCUT2D eigenvalue weighted by molar-refractivity contribution is 6.39. The molecular formula is C16H17N3O3. The normalized spacial score (nSPS) is 9.86. The molecule has 6 heteroatoms. The molecular weight excluding hydrogens is 282 g/mol. The van der Waals surface area contributed by atoms with Crippen LogP contribution in [-0.4, -0.2) is 30.1 Å². The molecule has 0 aliphatic carbocycles. The summed E-state index contributed by atoms with van der Waals surface area (Å²) in [5, 5.41) is 16.6. The molecule has 2 aromatic rings. The summed E-state index contributed by atoms with van der Waals surface area (Å²) < 4.78 is 0. The van der Waals surface area contributed by atoms with Crippen LogP contribution in [0.2, 0.25) is 0 Å². The van der Waals surface area contributed by atoms with E-state index in [1.165, 1.54) is 0 Å². The van der Waals surface area contributed by atoms with Gasteiger partial charge in [0, 0.05) is 23.6 Å². The molecule has 0 saturated heterocycles. The van der Waals surface area contributed by atoms with Gasteiger partial charge in [-0.15, -0.1) is 0 Å². The Bertz CT molecular complexity index is 627. The van der Waals surface area contributed by atoms with Gasteiger partial charge in [-0.2, -0.15) is 0 Å². The van der Waals surface area contributed by atoms with Crippen LogP contribution < -0.4 is 16.0 Å². The number of aliphatic hydroxyl groups is 1. The van der Waals surface area contributed by atoms with E-state index in [4.69, 9.17) is 5.11 Å². The van der Waals surface area contributed by atoms with E-state index >= 15 is 0 Å². The zero-order valence-electron chi connectivity index (χ0n) is 11.9. The lowest BCUT2D eigenvalue weighted by Crippen LogP contribution is -2.36. The Kier molecular flexibility index (Phi) is 5.50. The molecule has 2 rings (SSSR count). The van der Waals surface area contributed by atoms with Gasteiger partial charge in [-0.3, -0.25) is 9.59 Å². The van der Waals surface area contributed by atoms with Crippen LogP contribution in [0.5, 0.6) is 0 Å². The predicted molar refractivity (Wildman–Crippen MR) is 84.9 cm³/mol. The number of benzene rings is 2. The van der Waals surface area contributed by atoms with Crippen LogP contribution in [0.3, 0.4) is 0 Å². The quantitative estimate of drug-likeness (QED) is 0.629. The van der Waals surface area contributed by atoms with Crippen molar-refractivity contribution < 1.29 is 14.7 Å². The van der Waals surface area contributed by atoms with Gasteiger partial charge in [-0.1, -0.05) is 18.2 Å². The summed E-state index contributed by atoms with van der Waals surface area (Å²) in [6.45, 7) is -0.162. The summed E-state index contributed by atoms with van der Waals surface area (Å²) in [5.41, 5.74) is 2.35. The number of hydrogen-bond acceptors (Lipinski definition) is 4. The number of para-hydroxylation sites is 1. The maximum Gasteiger partial charge on any atom is 0.313 e. The molecule has 0 aliphatic rings. The molecule has 0 fully saturated rings. The van der Waals surface area contributed by atoms with Gasteiger partial charge >= 0.3 is 11.8 Å². The first-order chi connectivity index (χ1) is 10.7. The zero-order valence-corrected chi connectivity index (χ0v) is 11.9. The number of rotatable bonds is 5. The van der Waals surface area contributed by atoms with E-state index in [0.717, 1.165) is 11.4 Å². The maximum absolute atomic E-state index is 11.6. The molecule has 4 N–H and O–H groups in total. The van der Waals surface area contributed by atoms with Crippen LogP contribution in [0.15, 0.2) is 54.6 Å². The smallest absolute Gasteiger partial charge is 0.313 e. The van der Waals surface area contributed by atoms with Gasteiger partial charge in [0.25, 0.3) is 0 Å². The average Bonchev–Trinajstić information content (AvgIpc) is 2.55. The summed E-state index contributed by atoms with van der Waals surface area (Å²) in [6.07, 6.45) is 0. The highest BCUT2D eigenvalue weighted by atomic mass is 16.3. The first-order valence-corrected chi connectivity index (χ1v) is 6.81. The van der Waals surface area contributed by atoms with Crippen LogP contribution in [0.25, 0.3) is 0 Å². The van der Waals surface area contributed by atoms with E-state index in [0.29, 0.717) is 5.69 Å². The summed E-state index contributed by atoms with van der Waals surface area (Å²) in [6, 6.07) is 16.7. The van der Waals surface area contributed by atoms with E-state index in [-0.39, 0.29) is 13.2 Å². The fraction of sp³-hybridized carbons (Fsp3) is 0.125. The van der Waals surface area contributed by atoms with Crippen LogP contribution in [0.4, 0.5) is 17.1 Å². The highest BCUT2D eigenvalue weighted by Gasteiger charge is 2.12. The Morgan fingerprint density at radius 2 is 1.41 bits per heavy atom. The van der Waals surface area contributed by atoms with Gasteiger partial charge in [-0.25, -0.2) is 0 Å². The van der Waals surface area contributed by atoms with E-state index < -0.39 is 11.8 Å². The van der Waals surface area contributed by atoms with Crippen LogP contribution in [-0.2, 0) is 9.59 Å². The van der Waals surface area contributed by atoms with Gasteiger partial charge in [0.2, 0.25) is 0 Å². The first-order valence-electron chi connectivity index (χ1n) is 6.81. The number of hydrogen-bond donors (Lipinski definition) is 4. The van der Waals surface area contributed by atoms with Gasteiger partial charge in [0.15, 0.2) is 0 Å². The van der Waals surface area contributed by atoms with E-state index in [9.17, 15) is 9.59 Å². The third-order valence-electron chi connectivity index (χ3n) is 2.81. The summed E-state index contributed by atoms with van der Waals surface area (Å²) >= 11 is 0. The minimum atomic E-state index is -0.777. The third-order valence-corrected chi connectivity index (χ3v) is 2.81. The Morgan fingerprint density at radius 1 is 0.818 bits per heavy atom. The Hall–Kier alpha value is -2.86. The lowest BCUT2D eigenvalue weighted by atomic mass is 10.2. The number of nitrogens with one attached hydrogen (secondary N) is 3. The molecule has 0 aromatic heterocycles. The van der Waals surface area contributed by atoms with Gasteiger partial charge in [0.1, 0.15) is 0 Å². The molecule has 0 unspecified atom stereocenters. The Morgan fingerprint density at radius 3 is 2.05 bits per heavy atom. The fourth-order valence-electron chi connectivity index (χ4n) is 1.76. The van der Waals surface area contributed by atoms with Crippen LogP contribution in [0, 0.1) is 0 Å².